The van der Waals surface area contributed by atoms with E-state index in [2.05, 4.69) is 0 Å². The number of rotatable bonds is 1. The average molecular weight is 282 g/mol. The Morgan fingerprint density at radius 1 is 1.05 bits per heavy atom. The van der Waals surface area contributed by atoms with E-state index >= 15 is 0 Å². The Kier molecular flexibility index (Phi) is 2.14. The van der Waals surface area contributed by atoms with Gasteiger partial charge < -0.3 is 19.4 Å². The highest BCUT2D eigenvalue weighted by Gasteiger charge is 2.19. The molecule has 0 bridgehead atoms. The third-order valence-electron chi connectivity index (χ3n) is 3.72. The van der Waals surface area contributed by atoms with Gasteiger partial charge >= 0.3 is 5.63 Å². The molecular weight excluding hydrogens is 272 g/mol. The number of hydrogen-bond donors (Lipinski definition) is 2. The summed E-state index contributed by atoms with van der Waals surface area (Å²) in [6, 6.07) is 7.88. The first-order valence-electron chi connectivity index (χ1n) is 6.31. The van der Waals surface area contributed by atoms with Gasteiger partial charge in [0.1, 0.15) is 11.3 Å². The molecule has 1 heterocycles. The predicted molar refractivity (Wildman–Crippen MR) is 78.6 cm³/mol. The lowest BCUT2D eigenvalue weighted by Gasteiger charge is -2.13. The zero-order valence-electron chi connectivity index (χ0n) is 11.0. The van der Waals surface area contributed by atoms with E-state index in [1.807, 2.05) is 0 Å². The van der Waals surface area contributed by atoms with Crippen LogP contribution in [0.15, 0.2) is 39.5 Å². The van der Waals surface area contributed by atoms with Crippen molar-refractivity contribution in [2.24, 2.45) is 0 Å². The van der Waals surface area contributed by atoms with Gasteiger partial charge in [-0.25, -0.2) is 4.79 Å². The van der Waals surface area contributed by atoms with Crippen molar-refractivity contribution >= 4 is 32.5 Å². The normalized spacial score (nSPS) is 11.7. The summed E-state index contributed by atoms with van der Waals surface area (Å²) in [6.45, 7) is 0. The lowest BCUT2D eigenvalue weighted by molar-refractivity contribution is 0.378. The van der Waals surface area contributed by atoms with E-state index < -0.39 is 5.63 Å². The van der Waals surface area contributed by atoms with Crippen molar-refractivity contribution in [3.63, 3.8) is 0 Å². The van der Waals surface area contributed by atoms with Crippen molar-refractivity contribution < 1.29 is 19.4 Å². The van der Waals surface area contributed by atoms with Gasteiger partial charge in [0.2, 0.25) is 0 Å². The lowest BCUT2D eigenvalue weighted by atomic mass is 9.97. The number of methoxy groups -OCH3 is 1. The van der Waals surface area contributed by atoms with E-state index in [1.165, 1.54) is 19.2 Å². The van der Waals surface area contributed by atoms with Crippen molar-refractivity contribution in [1.29, 1.82) is 0 Å². The minimum absolute atomic E-state index is 0.0267. The van der Waals surface area contributed by atoms with Gasteiger partial charge in [0.25, 0.3) is 0 Å². The fraction of sp³-hybridized carbons (Fsp3) is 0.0625. The van der Waals surface area contributed by atoms with Crippen LogP contribution in [0.1, 0.15) is 0 Å². The Balaban J connectivity index is 2.43. The highest BCUT2D eigenvalue weighted by Crippen LogP contribution is 2.42. The quantitative estimate of drug-likeness (QED) is 0.414. The average Bonchev–Trinajstić information content (AvgIpc) is 2.44. The number of ether oxygens (including phenoxy) is 1. The van der Waals surface area contributed by atoms with Gasteiger partial charge in [-0.05, 0) is 23.6 Å². The van der Waals surface area contributed by atoms with E-state index in [1.54, 1.807) is 18.2 Å². The SMILES string of the molecule is COc1c(O)cc2c(=O)oc3cc(O)cc4ccc1c2c43. The van der Waals surface area contributed by atoms with Crippen LogP contribution in [0, 0.1) is 0 Å². The summed E-state index contributed by atoms with van der Waals surface area (Å²) in [4.78, 5) is 12.1. The Morgan fingerprint density at radius 2 is 1.86 bits per heavy atom. The van der Waals surface area contributed by atoms with E-state index in [4.69, 9.17) is 9.15 Å². The maximum absolute atomic E-state index is 12.1. The van der Waals surface area contributed by atoms with Crippen LogP contribution in [-0.4, -0.2) is 17.3 Å². The van der Waals surface area contributed by atoms with Crippen molar-refractivity contribution in [3.05, 3.63) is 40.8 Å². The summed E-state index contributed by atoms with van der Waals surface area (Å²) < 4.78 is 10.5. The highest BCUT2D eigenvalue weighted by molar-refractivity contribution is 6.23. The first-order valence-corrected chi connectivity index (χ1v) is 6.31. The molecule has 4 aromatic rings. The van der Waals surface area contributed by atoms with E-state index in [0.717, 1.165) is 10.8 Å². The van der Waals surface area contributed by atoms with Crippen LogP contribution in [0.2, 0.25) is 0 Å². The Labute approximate surface area is 117 Å². The smallest absolute Gasteiger partial charge is 0.344 e. The predicted octanol–water partition coefficient (Wildman–Crippen LogP) is 2.96. The minimum atomic E-state index is -0.566. The van der Waals surface area contributed by atoms with Crippen molar-refractivity contribution in [1.82, 2.24) is 0 Å². The molecule has 2 N–H and O–H groups in total. The van der Waals surface area contributed by atoms with Crippen LogP contribution in [0.5, 0.6) is 17.2 Å². The van der Waals surface area contributed by atoms with Gasteiger partial charge in [-0.15, -0.1) is 0 Å². The second-order valence-electron chi connectivity index (χ2n) is 4.90. The Bertz CT molecular complexity index is 1060. The van der Waals surface area contributed by atoms with Crippen molar-refractivity contribution in [3.8, 4) is 17.2 Å². The first kappa shape index (κ1) is 11.8. The van der Waals surface area contributed by atoms with Gasteiger partial charge in [0, 0.05) is 22.2 Å². The van der Waals surface area contributed by atoms with Gasteiger partial charge in [0.15, 0.2) is 11.5 Å². The molecule has 0 aliphatic rings. The number of benzene rings is 3. The van der Waals surface area contributed by atoms with Crippen molar-refractivity contribution in [2.75, 3.05) is 7.11 Å². The van der Waals surface area contributed by atoms with Gasteiger partial charge in [-0.2, -0.15) is 0 Å². The Morgan fingerprint density at radius 3 is 2.62 bits per heavy atom. The third-order valence-corrected chi connectivity index (χ3v) is 3.72. The zero-order valence-corrected chi connectivity index (χ0v) is 11.0. The molecule has 0 saturated carbocycles. The van der Waals surface area contributed by atoms with Crippen LogP contribution in [-0.2, 0) is 0 Å². The summed E-state index contributed by atoms with van der Waals surface area (Å²) in [6.07, 6.45) is 0. The molecule has 5 heteroatoms. The molecule has 0 aliphatic heterocycles. The maximum atomic E-state index is 12.1. The standard InChI is InChI=1S/C16H10O5/c1-20-15-9-3-2-7-4-8(17)5-12-13(7)14(9)10(6-11(15)18)16(19)21-12/h2-6,17-18H,1H3. The molecule has 1 aromatic heterocycles. The van der Waals surface area contributed by atoms with Crippen LogP contribution < -0.4 is 10.4 Å². The fourth-order valence-electron chi connectivity index (χ4n) is 2.90. The molecule has 4 rings (SSSR count). The largest absolute Gasteiger partial charge is 0.508 e. The number of phenolic OH excluding ortho intramolecular Hbond substituents is 2. The molecule has 0 atom stereocenters. The van der Waals surface area contributed by atoms with Crippen LogP contribution in [0.25, 0.3) is 32.5 Å². The molecule has 0 radical (unpaired) electrons. The van der Waals surface area contributed by atoms with Crippen LogP contribution >= 0.6 is 0 Å². The molecular formula is C16H10O5. The van der Waals surface area contributed by atoms with Gasteiger partial charge in [-0.1, -0.05) is 6.07 Å². The minimum Gasteiger partial charge on any atom is -0.508 e. The molecule has 0 amide bonds. The van der Waals surface area contributed by atoms with Crippen molar-refractivity contribution in [2.45, 2.75) is 0 Å². The molecule has 21 heavy (non-hydrogen) atoms. The van der Waals surface area contributed by atoms with E-state index in [-0.39, 0.29) is 16.9 Å². The number of phenols is 2. The third kappa shape index (κ3) is 1.43. The summed E-state index contributed by atoms with van der Waals surface area (Å²) in [5.41, 5.74) is -0.260. The molecule has 0 aliphatic carbocycles. The lowest BCUT2D eigenvalue weighted by Crippen LogP contribution is -2.02. The second-order valence-corrected chi connectivity index (χ2v) is 4.90. The maximum Gasteiger partial charge on any atom is 0.344 e. The number of hydrogen-bond acceptors (Lipinski definition) is 5. The van der Waals surface area contributed by atoms with E-state index in [9.17, 15) is 15.0 Å². The Hall–Kier alpha value is -2.95. The monoisotopic (exact) mass is 282 g/mol. The van der Waals surface area contributed by atoms with Crippen LogP contribution in [0.4, 0.5) is 0 Å². The summed E-state index contributed by atoms with van der Waals surface area (Å²) >= 11 is 0. The molecule has 5 nitrogen and oxygen atoms in total. The first-order chi connectivity index (χ1) is 10.1. The van der Waals surface area contributed by atoms with Gasteiger partial charge in [-0.3, -0.25) is 0 Å². The second kappa shape index (κ2) is 3.79. The highest BCUT2D eigenvalue weighted by atomic mass is 16.5. The molecule has 0 fully saturated rings. The van der Waals surface area contributed by atoms with E-state index in [0.29, 0.717) is 22.1 Å². The van der Waals surface area contributed by atoms with Crippen LogP contribution in [0.3, 0.4) is 0 Å². The topological polar surface area (TPSA) is 79.9 Å². The molecule has 0 spiro atoms. The number of aromatic hydroxyl groups is 2. The molecule has 3 aromatic carbocycles. The zero-order chi connectivity index (χ0) is 14.7. The molecule has 104 valence electrons. The molecule has 0 unspecified atom stereocenters. The molecule has 0 saturated heterocycles. The summed E-state index contributed by atoms with van der Waals surface area (Å²) in [5, 5.41) is 22.8. The summed E-state index contributed by atoms with van der Waals surface area (Å²) in [5.74, 6) is 0.224. The fourth-order valence-corrected chi connectivity index (χ4v) is 2.90. The van der Waals surface area contributed by atoms with Gasteiger partial charge in [0.05, 0.1) is 12.5 Å². The summed E-state index contributed by atoms with van der Waals surface area (Å²) in [7, 11) is 1.46.